The molecule has 2 N–H and O–H groups in total. The SMILES string of the molecule is Cc1cc(-n2cc(CCCO)c(C(=O)O)n2)cc(C)c1Br. The van der Waals surface area contributed by atoms with Crippen LogP contribution >= 0.6 is 15.9 Å². The molecule has 21 heavy (non-hydrogen) atoms. The van der Waals surface area contributed by atoms with Gasteiger partial charge in [0, 0.05) is 22.8 Å². The number of rotatable bonds is 5. The van der Waals surface area contributed by atoms with Crippen molar-refractivity contribution in [3.63, 3.8) is 0 Å². The number of carboxylic acid groups (broad SMARTS) is 1. The Morgan fingerprint density at radius 3 is 2.48 bits per heavy atom. The highest BCUT2D eigenvalue weighted by Gasteiger charge is 2.16. The Labute approximate surface area is 131 Å². The molecule has 0 aliphatic heterocycles. The number of aromatic carboxylic acids is 1. The number of carbonyl (C=O) groups is 1. The third-order valence-corrected chi connectivity index (χ3v) is 4.53. The van der Waals surface area contributed by atoms with E-state index >= 15 is 0 Å². The average molecular weight is 353 g/mol. The fourth-order valence-corrected chi connectivity index (χ4v) is 2.46. The lowest BCUT2D eigenvalue weighted by molar-refractivity contribution is 0.0688. The highest BCUT2D eigenvalue weighted by molar-refractivity contribution is 9.10. The molecule has 0 radical (unpaired) electrons. The number of hydrogen-bond acceptors (Lipinski definition) is 3. The van der Waals surface area contributed by atoms with Crippen molar-refractivity contribution in [2.45, 2.75) is 26.7 Å². The van der Waals surface area contributed by atoms with E-state index < -0.39 is 5.97 Å². The van der Waals surface area contributed by atoms with E-state index in [4.69, 9.17) is 5.11 Å². The van der Waals surface area contributed by atoms with Crippen LogP contribution in [0, 0.1) is 13.8 Å². The van der Waals surface area contributed by atoms with Crippen LogP contribution < -0.4 is 0 Å². The predicted octanol–water partition coefficient (Wildman–Crippen LogP) is 2.87. The second kappa shape index (κ2) is 6.41. The zero-order chi connectivity index (χ0) is 15.6. The number of aliphatic hydroxyl groups excluding tert-OH is 1. The van der Waals surface area contributed by atoms with E-state index in [0.717, 1.165) is 21.3 Å². The van der Waals surface area contributed by atoms with Gasteiger partial charge < -0.3 is 10.2 Å². The van der Waals surface area contributed by atoms with E-state index in [2.05, 4.69) is 21.0 Å². The first-order chi connectivity index (χ1) is 9.93. The number of halogens is 1. The van der Waals surface area contributed by atoms with Crippen molar-refractivity contribution in [2.24, 2.45) is 0 Å². The summed E-state index contributed by atoms with van der Waals surface area (Å²) in [4.78, 5) is 11.3. The molecule has 2 aromatic rings. The number of hydrogen-bond donors (Lipinski definition) is 2. The highest BCUT2D eigenvalue weighted by atomic mass is 79.9. The molecule has 1 heterocycles. The van der Waals surface area contributed by atoms with Gasteiger partial charge in [-0.2, -0.15) is 5.10 Å². The number of aryl methyl sites for hydroxylation is 3. The number of aromatic nitrogens is 2. The van der Waals surface area contributed by atoms with Crippen molar-refractivity contribution in [3.8, 4) is 5.69 Å². The Hall–Kier alpha value is -1.66. The summed E-state index contributed by atoms with van der Waals surface area (Å²) >= 11 is 3.51. The molecular formula is C15H17BrN2O3. The molecule has 1 aromatic carbocycles. The normalized spacial score (nSPS) is 10.9. The van der Waals surface area contributed by atoms with E-state index in [1.54, 1.807) is 10.9 Å². The van der Waals surface area contributed by atoms with Crippen LogP contribution in [0.3, 0.4) is 0 Å². The second-order valence-electron chi connectivity index (χ2n) is 4.97. The Kier molecular flexibility index (Phi) is 4.80. The van der Waals surface area contributed by atoms with Crippen molar-refractivity contribution in [1.82, 2.24) is 9.78 Å². The Balaban J connectivity index is 2.47. The summed E-state index contributed by atoms with van der Waals surface area (Å²) in [5.74, 6) is -1.05. The lowest BCUT2D eigenvalue weighted by Crippen LogP contribution is -2.03. The van der Waals surface area contributed by atoms with E-state index in [9.17, 15) is 9.90 Å². The van der Waals surface area contributed by atoms with E-state index in [0.29, 0.717) is 18.4 Å². The molecule has 0 saturated carbocycles. The van der Waals surface area contributed by atoms with Gasteiger partial charge >= 0.3 is 5.97 Å². The molecule has 2 rings (SSSR count). The number of benzene rings is 1. The quantitative estimate of drug-likeness (QED) is 0.867. The second-order valence-corrected chi connectivity index (χ2v) is 5.77. The molecule has 0 saturated heterocycles. The number of aliphatic hydroxyl groups is 1. The Morgan fingerprint density at radius 2 is 1.95 bits per heavy atom. The van der Waals surface area contributed by atoms with Crippen LogP contribution in [0.5, 0.6) is 0 Å². The van der Waals surface area contributed by atoms with E-state index in [1.165, 1.54) is 0 Å². The molecule has 112 valence electrons. The van der Waals surface area contributed by atoms with Crippen molar-refractivity contribution >= 4 is 21.9 Å². The Bertz CT molecular complexity index is 657. The van der Waals surface area contributed by atoms with Crippen molar-refractivity contribution in [1.29, 1.82) is 0 Å². The third kappa shape index (κ3) is 3.33. The number of nitrogens with zero attached hydrogens (tertiary/aromatic N) is 2. The van der Waals surface area contributed by atoms with Gasteiger partial charge in [0.25, 0.3) is 0 Å². The van der Waals surface area contributed by atoms with Gasteiger partial charge in [0.2, 0.25) is 0 Å². The lowest BCUT2D eigenvalue weighted by atomic mass is 10.1. The summed E-state index contributed by atoms with van der Waals surface area (Å²) in [5, 5.41) is 22.3. The maximum Gasteiger partial charge on any atom is 0.356 e. The molecule has 5 nitrogen and oxygen atoms in total. The summed E-state index contributed by atoms with van der Waals surface area (Å²) in [6.07, 6.45) is 2.73. The maximum absolute atomic E-state index is 11.3. The van der Waals surface area contributed by atoms with Gasteiger partial charge in [0.1, 0.15) is 0 Å². The van der Waals surface area contributed by atoms with Crippen LogP contribution in [0.4, 0.5) is 0 Å². The van der Waals surface area contributed by atoms with E-state index in [-0.39, 0.29) is 12.3 Å². The zero-order valence-corrected chi connectivity index (χ0v) is 13.5. The van der Waals surface area contributed by atoms with E-state index in [1.807, 2.05) is 26.0 Å². The van der Waals surface area contributed by atoms with Crippen LogP contribution in [0.2, 0.25) is 0 Å². The summed E-state index contributed by atoms with van der Waals surface area (Å²) < 4.78 is 2.63. The van der Waals surface area contributed by atoms with Crippen LogP contribution in [0.15, 0.2) is 22.8 Å². The zero-order valence-electron chi connectivity index (χ0n) is 11.9. The van der Waals surface area contributed by atoms with Crippen LogP contribution in [0.25, 0.3) is 5.69 Å². The topological polar surface area (TPSA) is 75.4 Å². The van der Waals surface area contributed by atoms with Gasteiger partial charge in [-0.25, -0.2) is 9.48 Å². The number of carboxylic acids is 1. The maximum atomic E-state index is 11.3. The van der Waals surface area contributed by atoms with Gasteiger partial charge in [-0.1, -0.05) is 15.9 Å². The van der Waals surface area contributed by atoms with Gasteiger partial charge in [0.15, 0.2) is 5.69 Å². The summed E-state index contributed by atoms with van der Waals surface area (Å²) in [7, 11) is 0. The van der Waals surface area contributed by atoms with Gasteiger partial charge in [-0.05, 0) is 49.9 Å². The van der Waals surface area contributed by atoms with Crippen molar-refractivity contribution in [2.75, 3.05) is 6.61 Å². The van der Waals surface area contributed by atoms with Gasteiger partial charge in [-0.15, -0.1) is 0 Å². The molecule has 6 heteroatoms. The molecule has 0 spiro atoms. The molecule has 0 aliphatic rings. The smallest absolute Gasteiger partial charge is 0.356 e. The molecule has 0 atom stereocenters. The average Bonchev–Trinajstić information content (AvgIpc) is 2.86. The lowest BCUT2D eigenvalue weighted by Gasteiger charge is -2.07. The van der Waals surface area contributed by atoms with Crippen LogP contribution in [-0.2, 0) is 6.42 Å². The first kappa shape index (κ1) is 15.7. The predicted molar refractivity (Wildman–Crippen MR) is 83.1 cm³/mol. The van der Waals surface area contributed by atoms with Gasteiger partial charge in [0.05, 0.1) is 5.69 Å². The Morgan fingerprint density at radius 1 is 1.33 bits per heavy atom. The van der Waals surface area contributed by atoms with Crippen LogP contribution in [0.1, 0.15) is 33.6 Å². The molecule has 0 aliphatic carbocycles. The largest absolute Gasteiger partial charge is 0.476 e. The monoisotopic (exact) mass is 352 g/mol. The molecule has 0 amide bonds. The molecular weight excluding hydrogens is 336 g/mol. The van der Waals surface area contributed by atoms with Crippen molar-refractivity contribution < 1.29 is 15.0 Å². The molecule has 0 fully saturated rings. The highest BCUT2D eigenvalue weighted by Crippen LogP contribution is 2.25. The summed E-state index contributed by atoms with van der Waals surface area (Å²) in [6, 6.07) is 3.90. The minimum absolute atomic E-state index is 0.0285. The third-order valence-electron chi connectivity index (χ3n) is 3.28. The van der Waals surface area contributed by atoms with Crippen LogP contribution in [-0.4, -0.2) is 32.6 Å². The molecule has 0 unspecified atom stereocenters. The first-order valence-corrected chi connectivity index (χ1v) is 7.43. The first-order valence-electron chi connectivity index (χ1n) is 6.64. The summed E-state index contributed by atoms with van der Waals surface area (Å²) in [5.41, 5.74) is 3.63. The minimum Gasteiger partial charge on any atom is -0.476 e. The minimum atomic E-state index is -1.05. The fourth-order valence-electron chi connectivity index (χ4n) is 2.23. The van der Waals surface area contributed by atoms with Crippen molar-refractivity contribution in [3.05, 3.63) is 45.2 Å². The molecule has 1 aromatic heterocycles. The molecule has 0 bridgehead atoms. The summed E-state index contributed by atoms with van der Waals surface area (Å²) in [6.45, 7) is 3.99. The van der Waals surface area contributed by atoms with Gasteiger partial charge in [-0.3, -0.25) is 0 Å². The fraction of sp³-hybridized carbons (Fsp3) is 0.333. The standard InChI is InChI=1S/C15H17BrN2O3/c1-9-6-12(7-10(2)13(9)16)18-8-11(4-3-5-19)14(17-18)15(20)21/h6-8,19H,3-5H2,1-2H3,(H,20,21).